The van der Waals surface area contributed by atoms with E-state index in [0.29, 0.717) is 18.8 Å². The molecule has 0 atom stereocenters. The molecule has 6 heteroatoms. The highest BCUT2D eigenvalue weighted by Crippen LogP contribution is 2.21. The second kappa shape index (κ2) is 13.0. The number of amides is 1. The van der Waals surface area contributed by atoms with Crippen LogP contribution in [-0.4, -0.2) is 31.4 Å². The summed E-state index contributed by atoms with van der Waals surface area (Å²) in [5.74, 6) is 6.73. The summed E-state index contributed by atoms with van der Waals surface area (Å²) in [6.07, 6.45) is 4.49. The van der Waals surface area contributed by atoms with Gasteiger partial charge in [0, 0.05) is 17.3 Å². The van der Waals surface area contributed by atoms with Gasteiger partial charge in [-0.1, -0.05) is 18.2 Å². The zero-order valence-corrected chi connectivity index (χ0v) is 19.9. The minimum Gasteiger partial charge on any atom is -0.494 e. The SMILES string of the molecule is CC(C)N(C(=O)c1ccc(OCCCCCOc2ccc(C=NN)cc2)cc1)c1ccccc1. The van der Waals surface area contributed by atoms with Gasteiger partial charge in [0.1, 0.15) is 11.5 Å². The second-order valence-electron chi connectivity index (χ2n) is 8.23. The predicted octanol–water partition coefficient (Wildman–Crippen LogP) is 5.66. The molecule has 3 aromatic carbocycles. The fourth-order valence-electron chi connectivity index (χ4n) is 3.57. The van der Waals surface area contributed by atoms with Crippen molar-refractivity contribution in [3.63, 3.8) is 0 Å². The number of carbonyl (C=O) groups excluding carboxylic acids is 1. The minimum absolute atomic E-state index is 0.0186. The van der Waals surface area contributed by atoms with Gasteiger partial charge < -0.3 is 20.2 Å². The summed E-state index contributed by atoms with van der Waals surface area (Å²) in [4.78, 5) is 14.9. The summed E-state index contributed by atoms with van der Waals surface area (Å²) in [7, 11) is 0. The lowest BCUT2D eigenvalue weighted by molar-refractivity contribution is 0.0980. The number of ether oxygens (including phenoxy) is 2. The van der Waals surface area contributed by atoms with Gasteiger partial charge in [-0.2, -0.15) is 5.10 Å². The molecular weight excluding hydrogens is 426 g/mol. The van der Waals surface area contributed by atoms with Gasteiger partial charge in [-0.15, -0.1) is 0 Å². The van der Waals surface area contributed by atoms with Crippen LogP contribution in [0.1, 0.15) is 49.0 Å². The number of para-hydroxylation sites is 1. The minimum atomic E-state index is -0.0186. The van der Waals surface area contributed by atoms with E-state index in [-0.39, 0.29) is 11.9 Å². The number of hydrogen-bond acceptors (Lipinski definition) is 5. The number of nitrogens with zero attached hydrogens (tertiary/aromatic N) is 2. The first-order valence-corrected chi connectivity index (χ1v) is 11.7. The molecule has 0 spiro atoms. The van der Waals surface area contributed by atoms with Crippen LogP contribution in [0.3, 0.4) is 0 Å². The quantitative estimate of drug-likeness (QED) is 0.164. The molecule has 0 aliphatic carbocycles. The molecule has 0 radical (unpaired) electrons. The number of rotatable bonds is 12. The average molecular weight is 460 g/mol. The van der Waals surface area contributed by atoms with E-state index in [1.807, 2.05) is 92.7 Å². The van der Waals surface area contributed by atoms with E-state index < -0.39 is 0 Å². The highest BCUT2D eigenvalue weighted by Gasteiger charge is 2.20. The molecule has 34 heavy (non-hydrogen) atoms. The van der Waals surface area contributed by atoms with Crippen molar-refractivity contribution in [1.82, 2.24) is 0 Å². The Bertz CT molecular complexity index is 1030. The lowest BCUT2D eigenvalue weighted by Crippen LogP contribution is -2.36. The maximum absolute atomic E-state index is 13.1. The van der Waals surface area contributed by atoms with Gasteiger partial charge >= 0.3 is 0 Å². The monoisotopic (exact) mass is 459 g/mol. The smallest absolute Gasteiger partial charge is 0.258 e. The molecule has 3 aromatic rings. The first kappa shape index (κ1) is 24.8. The molecule has 2 N–H and O–H groups in total. The maximum Gasteiger partial charge on any atom is 0.258 e. The van der Waals surface area contributed by atoms with Crippen molar-refractivity contribution in [2.75, 3.05) is 18.1 Å². The van der Waals surface area contributed by atoms with E-state index in [0.717, 1.165) is 42.0 Å². The Labute approximate surface area is 202 Å². The Hall–Kier alpha value is -3.80. The summed E-state index contributed by atoms with van der Waals surface area (Å²) < 4.78 is 11.6. The van der Waals surface area contributed by atoms with Gasteiger partial charge in [0.25, 0.3) is 5.91 Å². The number of nitrogens with two attached hydrogens (primary N) is 1. The average Bonchev–Trinajstić information content (AvgIpc) is 2.85. The largest absolute Gasteiger partial charge is 0.494 e. The Balaban J connectivity index is 1.38. The number of hydrazone groups is 1. The molecule has 0 heterocycles. The van der Waals surface area contributed by atoms with Crippen molar-refractivity contribution in [2.45, 2.75) is 39.2 Å². The third-order valence-electron chi connectivity index (χ3n) is 5.30. The number of hydrogen-bond donors (Lipinski definition) is 1. The molecule has 0 fully saturated rings. The number of anilines is 1. The van der Waals surface area contributed by atoms with Crippen molar-refractivity contribution in [2.24, 2.45) is 10.9 Å². The van der Waals surface area contributed by atoms with Gasteiger partial charge in [-0.25, -0.2) is 0 Å². The second-order valence-corrected chi connectivity index (χ2v) is 8.23. The van der Waals surface area contributed by atoms with Crippen LogP contribution in [0, 0.1) is 0 Å². The molecule has 6 nitrogen and oxygen atoms in total. The van der Waals surface area contributed by atoms with Crippen LogP contribution in [0.5, 0.6) is 11.5 Å². The van der Waals surface area contributed by atoms with Crippen molar-refractivity contribution in [1.29, 1.82) is 0 Å². The lowest BCUT2D eigenvalue weighted by atomic mass is 10.1. The van der Waals surface area contributed by atoms with Gasteiger partial charge in [-0.05, 0) is 99.3 Å². The van der Waals surface area contributed by atoms with Crippen molar-refractivity contribution in [3.8, 4) is 11.5 Å². The van der Waals surface area contributed by atoms with Crippen LogP contribution < -0.4 is 20.2 Å². The Morgan fingerprint density at radius 2 is 1.41 bits per heavy atom. The Morgan fingerprint density at radius 1 is 0.853 bits per heavy atom. The summed E-state index contributed by atoms with van der Waals surface area (Å²) in [5.41, 5.74) is 2.48. The number of carbonyl (C=O) groups is 1. The van der Waals surface area contributed by atoms with E-state index in [2.05, 4.69) is 5.10 Å². The molecular formula is C28H33N3O3. The maximum atomic E-state index is 13.1. The fourth-order valence-corrected chi connectivity index (χ4v) is 3.57. The molecule has 1 amide bonds. The standard InChI is InChI=1S/C28H33N3O3/c1-22(2)31(25-9-5-3-6-10-25)28(32)24-13-17-27(18-14-24)34-20-8-4-7-19-33-26-15-11-23(12-16-26)21-30-29/h3,5-6,9-18,21-22H,4,7-8,19-20,29H2,1-2H3. The summed E-state index contributed by atoms with van der Waals surface area (Å²) in [6.45, 7) is 5.32. The van der Waals surface area contributed by atoms with Crippen molar-refractivity contribution < 1.29 is 14.3 Å². The Kier molecular flexibility index (Phi) is 9.52. The molecule has 0 unspecified atom stereocenters. The molecule has 0 saturated heterocycles. The molecule has 0 aromatic heterocycles. The van der Waals surface area contributed by atoms with Gasteiger partial charge in [0.05, 0.1) is 19.4 Å². The van der Waals surface area contributed by atoms with E-state index in [1.165, 1.54) is 0 Å². The number of unbranched alkanes of at least 4 members (excludes halogenated alkanes) is 2. The Morgan fingerprint density at radius 3 is 1.94 bits per heavy atom. The van der Waals surface area contributed by atoms with Crippen LogP contribution >= 0.6 is 0 Å². The van der Waals surface area contributed by atoms with E-state index in [1.54, 1.807) is 11.1 Å². The van der Waals surface area contributed by atoms with Gasteiger partial charge in [-0.3, -0.25) is 4.79 Å². The zero-order valence-electron chi connectivity index (χ0n) is 19.9. The molecule has 178 valence electrons. The van der Waals surface area contributed by atoms with E-state index in [4.69, 9.17) is 15.3 Å². The van der Waals surface area contributed by atoms with Gasteiger partial charge in [0.15, 0.2) is 0 Å². The highest BCUT2D eigenvalue weighted by atomic mass is 16.5. The summed E-state index contributed by atoms with van der Waals surface area (Å²) in [5, 5.41) is 3.50. The summed E-state index contributed by atoms with van der Waals surface area (Å²) in [6, 6.07) is 24.8. The van der Waals surface area contributed by atoms with Crippen LogP contribution in [0.25, 0.3) is 0 Å². The van der Waals surface area contributed by atoms with Crippen LogP contribution in [0.4, 0.5) is 5.69 Å². The molecule has 0 aliphatic rings. The normalized spacial score (nSPS) is 11.0. The first-order valence-electron chi connectivity index (χ1n) is 11.7. The van der Waals surface area contributed by atoms with Crippen LogP contribution in [0.15, 0.2) is 84.0 Å². The van der Waals surface area contributed by atoms with Crippen molar-refractivity contribution >= 4 is 17.8 Å². The third-order valence-corrected chi connectivity index (χ3v) is 5.30. The molecule has 0 bridgehead atoms. The fraction of sp³-hybridized carbons (Fsp3) is 0.286. The lowest BCUT2D eigenvalue weighted by Gasteiger charge is -2.27. The molecule has 3 rings (SSSR count). The predicted molar refractivity (Wildman–Crippen MR) is 138 cm³/mol. The van der Waals surface area contributed by atoms with Crippen molar-refractivity contribution in [3.05, 3.63) is 90.0 Å². The summed E-state index contributed by atoms with van der Waals surface area (Å²) >= 11 is 0. The first-order chi connectivity index (χ1) is 16.6. The van der Waals surface area contributed by atoms with Gasteiger partial charge in [0.2, 0.25) is 0 Å². The topological polar surface area (TPSA) is 77.2 Å². The van der Waals surface area contributed by atoms with Crippen LogP contribution in [0.2, 0.25) is 0 Å². The molecule has 0 saturated carbocycles. The van der Waals surface area contributed by atoms with E-state index in [9.17, 15) is 4.79 Å². The third kappa shape index (κ3) is 7.37. The van der Waals surface area contributed by atoms with Crippen LogP contribution in [-0.2, 0) is 0 Å². The highest BCUT2D eigenvalue weighted by molar-refractivity contribution is 6.06. The van der Waals surface area contributed by atoms with E-state index >= 15 is 0 Å². The number of benzene rings is 3. The zero-order chi connectivity index (χ0) is 24.2. The molecule has 0 aliphatic heterocycles.